The van der Waals surface area contributed by atoms with Gasteiger partial charge >= 0.3 is 0 Å². The van der Waals surface area contributed by atoms with Crippen molar-refractivity contribution in [1.29, 1.82) is 0 Å². The molecule has 0 aliphatic carbocycles. The van der Waals surface area contributed by atoms with E-state index in [1.807, 2.05) is 13.8 Å². The second-order valence-corrected chi connectivity index (χ2v) is 3.71. The van der Waals surface area contributed by atoms with Crippen molar-refractivity contribution in [3.63, 3.8) is 0 Å². The van der Waals surface area contributed by atoms with Gasteiger partial charge in [-0.2, -0.15) is 5.10 Å². The molecule has 0 unspecified atom stereocenters. The van der Waals surface area contributed by atoms with Crippen LogP contribution in [0.2, 0.25) is 0 Å². The number of halogens is 1. The molecule has 0 saturated carbocycles. The minimum Gasteiger partial charge on any atom is -0.483 e. The molecule has 0 radical (unpaired) electrons. The zero-order chi connectivity index (χ0) is 12.3. The van der Waals surface area contributed by atoms with Crippen molar-refractivity contribution in [2.24, 2.45) is 0 Å². The molecule has 1 aromatic carbocycles. The van der Waals surface area contributed by atoms with E-state index in [1.165, 1.54) is 12.4 Å². The van der Waals surface area contributed by atoms with E-state index in [0.29, 0.717) is 5.82 Å². The highest BCUT2D eigenvalue weighted by Crippen LogP contribution is 2.19. The molecule has 5 heteroatoms. The molecule has 2 rings (SSSR count). The van der Waals surface area contributed by atoms with Crippen LogP contribution < -0.4 is 4.74 Å². The fraction of sp³-hybridized carbons (Fsp3) is 0.333. The van der Waals surface area contributed by atoms with Gasteiger partial charge in [-0.15, -0.1) is 0 Å². The summed E-state index contributed by atoms with van der Waals surface area (Å²) in [7, 11) is 0. The molecule has 0 fully saturated rings. The maximum atomic E-state index is 13.4. The van der Waals surface area contributed by atoms with Gasteiger partial charge in [-0.1, -0.05) is 6.07 Å². The monoisotopic (exact) mass is 235 g/mol. The standard InChI is InChI=1S/C12H14FN3O/c1-3-16-12(14-8-15-16)7-17-11-6-9(2)4-5-10(11)13/h4-6,8H,3,7H2,1-2H3. The molecule has 0 amide bonds. The van der Waals surface area contributed by atoms with Crippen LogP contribution in [0, 0.1) is 12.7 Å². The smallest absolute Gasteiger partial charge is 0.165 e. The van der Waals surface area contributed by atoms with Crippen LogP contribution in [0.1, 0.15) is 18.3 Å². The van der Waals surface area contributed by atoms with Crippen molar-refractivity contribution in [1.82, 2.24) is 14.8 Å². The summed E-state index contributed by atoms with van der Waals surface area (Å²) in [6.45, 7) is 4.79. The molecule has 0 aliphatic rings. The van der Waals surface area contributed by atoms with Crippen molar-refractivity contribution in [3.8, 4) is 5.75 Å². The second kappa shape index (κ2) is 4.95. The molecule has 0 spiro atoms. The summed E-state index contributed by atoms with van der Waals surface area (Å²) in [6.07, 6.45) is 1.47. The number of benzene rings is 1. The van der Waals surface area contributed by atoms with Crippen LogP contribution in [0.25, 0.3) is 0 Å². The Bertz CT molecular complexity index is 510. The molecule has 4 nitrogen and oxygen atoms in total. The topological polar surface area (TPSA) is 39.9 Å². The fourth-order valence-corrected chi connectivity index (χ4v) is 1.53. The molecule has 0 N–H and O–H groups in total. The van der Waals surface area contributed by atoms with Gasteiger partial charge in [0.2, 0.25) is 0 Å². The van der Waals surface area contributed by atoms with E-state index in [9.17, 15) is 4.39 Å². The maximum absolute atomic E-state index is 13.4. The number of aromatic nitrogens is 3. The first kappa shape index (κ1) is 11.6. The molecule has 0 atom stereocenters. The number of hydrogen-bond acceptors (Lipinski definition) is 3. The summed E-state index contributed by atoms with van der Waals surface area (Å²) in [5.41, 5.74) is 0.957. The Hall–Kier alpha value is -1.91. The van der Waals surface area contributed by atoms with Gasteiger partial charge in [-0.3, -0.25) is 0 Å². The van der Waals surface area contributed by atoms with Gasteiger partial charge in [0.05, 0.1) is 0 Å². The van der Waals surface area contributed by atoms with E-state index >= 15 is 0 Å². The lowest BCUT2D eigenvalue weighted by Gasteiger charge is -2.08. The van der Waals surface area contributed by atoms with Crippen LogP contribution in [-0.4, -0.2) is 14.8 Å². The molecule has 2 aromatic rings. The normalized spacial score (nSPS) is 10.5. The first-order chi connectivity index (χ1) is 8.20. The summed E-state index contributed by atoms with van der Waals surface area (Å²) in [5, 5.41) is 4.02. The van der Waals surface area contributed by atoms with Crippen LogP contribution in [-0.2, 0) is 13.2 Å². The summed E-state index contributed by atoms with van der Waals surface area (Å²) in [6, 6.07) is 4.77. The summed E-state index contributed by atoms with van der Waals surface area (Å²) >= 11 is 0. The average molecular weight is 235 g/mol. The van der Waals surface area contributed by atoms with Gasteiger partial charge in [0.1, 0.15) is 12.9 Å². The van der Waals surface area contributed by atoms with Crippen LogP contribution in [0.15, 0.2) is 24.5 Å². The van der Waals surface area contributed by atoms with E-state index in [-0.39, 0.29) is 18.2 Å². The number of hydrogen-bond donors (Lipinski definition) is 0. The number of rotatable bonds is 4. The van der Waals surface area contributed by atoms with Gasteiger partial charge in [-0.05, 0) is 31.5 Å². The Morgan fingerprint density at radius 1 is 1.41 bits per heavy atom. The number of nitrogens with zero attached hydrogens (tertiary/aromatic N) is 3. The minimum atomic E-state index is -0.363. The lowest BCUT2D eigenvalue weighted by Crippen LogP contribution is -2.07. The van der Waals surface area contributed by atoms with E-state index in [0.717, 1.165) is 12.1 Å². The van der Waals surface area contributed by atoms with E-state index in [2.05, 4.69) is 10.1 Å². The minimum absolute atomic E-state index is 0.216. The lowest BCUT2D eigenvalue weighted by molar-refractivity contribution is 0.273. The summed E-state index contributed by atoms with van der Waals surface area (Å²) in [4.78, 5) is 4.06. The highest BCUT2D eigenvalue weighted by molar-refractivity contribution is 5.29. The first-order valence-corrected chi connectivity index (χ1v) is 5.46. The third-order valence-electron chi connectivity index (χ3n) is 2.44. The van der Waals surface area contributed by atoms with E-state index < -0.39 is 0 Å². The Labute approximate surface area is 99.1 Å². The molecule has 90 valence electrons. The molecule has 0 aliphatic heterocycles. The molecule has 1 heterocycles. The average Bonchev–Trinajstić information content (AvgIpc) is 2.77. The van der Waals surface area contributed by atoms with Gasteiger partial charge < -0.3 is 4.74 Å². The van der Waals surface area contributed by atoms with Crippen LogP contribution in [0.5, 0.6) is 5.75 Å². The van der Waals surface area contributed by atoms with Crippen LogP contribution >= 0.6 is 0 Å². The predicted molar refractivity (Wildman–Crippen MR) is 61.2 cm³/mol. The zero-order valence-electron chi connectivity index (χ0n) is 9.85. The van der Waals surface area contributed by atoms with Crippen molar-refractivity contribution >= 4 is 0 Å². The SMILES string of the molecule is CCn1ncnc1COc1cc(C)ccc1F. The fourth-order valence-electron chi connectivity index (χ4n) is 1.53. The van der Waals surface area contributed by atoms with Gasteiger partial charge in [0.25, 0.3) is 0 Å². The maximum Gasteiger partial charge on any atom is 0.165 e. The van der Waals surface area contributed by atoms with Crippen LogP contribution in [0.3, 0.4) is 0 Å². The zero-order valence-corrected chi connectivity index (χ0v) is 9.85. The Balaban J connectivity index is 2.09. The molecule has 0 bridgehead atoms. The third-order valence-corrected chi connectivity index (χ3v) is 2.44. The molecule has 1 aromatic heterocycles. The highest BCUT2D eigenvalue weighted by atomic mass is 19.1. The lowest BCUT2D eigenvalue weighted by atomic mass is 10.2. The van der Waals surface area contributed by atoms with Crippen molar-refractivity contribution < 1.29 is 9.13 Å². The quantitative estimate of drug-likeness (QED) is 0.816. The van der Waals surface area contributed by atoms with Crippen molar-refractivity contribution in [2.45, 2.75) is 27.0 Å². The van der Waals surface area contributed by atoms with Gasteiger partial charge in [-0.25, -0.2) is 14.1 Å². The largest absolute Gasteiger partial charge is 0.483 e. The van der Waals surface area contributed by atoms with Crippen LogP contribution in [0.4, 0.5) is 4.39 Å². The molecule has 0 saturated heterocycles. The summed E-state index contributed by atoms with van der Waals surface area (Å²) < 4.78 is 20.5. The molecule has 17 heavy (non-hydrogen) atoms. The number of aryl methyl sites for hydroxylation is 2. The number of ether oxygens (including phenoxy) is 1. The van der Waals surface area contributed by atoms with Gasteiger partial charge in [0, 0.05) is 6.54 Å². The Kier molecular flexibility index (Phi) is 3.37. The Morgan fingerprint density at radius 3 is 3.00 bits per heavy atom. The van der Waals surface area contributed by atoms with E-state index in [1.54, 1.807) is 16.8 Å². The van der Waals surface area contributed by atoms with Gasteiger partial charge in [0.15, 0.2) is 17.4 Å². The third kappa shape index (κ3) is 2.61. The molecular weight excluding hydrogens is 221 g/mol. The van der Waals surface area contributed by atoms with Crippen molar-refractivity contribution in [2.75, 3.05) is 0 Å². The summed E-state index contributed by atoms with van der Waals surface area (Å²) in [5.74, 6) is 0.572. The molecular formula is C12H14FN3O. The second-order valence-electron chi connectivity index (χ2n) is 3.71. The Morgan fingerprint density at radius 2 is 2.24 bits per heavy atom. The van der Waals surface area contributed by atoms with Crippen molar-refractivity contribution in [3.05, 3.63) is 41.7 Å². The first-order valence-electron chi connectivity index (χ1n) is 5.46. The predicted octanol–water partition coefficient (Wildman–Crippen LogP) is 2.32. The highest BCUT2D eigenvalue weighted by Gasteiger charge is 2.07. The van der Waals surface area contributed by atoms with E-state index in [4.69, 9.17) is 4.74 Å².